The van der Waals surface area contributed by atoms with E-state index in [1.54, 1.807) is 12.1 Å². The number of unbranched alkanes of at least 4 members (excludes halogenated alkanes) is 1. The number of allylic oxidation sites excluding steroid dienone is 1. The summed E-state index contributed by atoms with van der Waals surface area (Å²) < 4.78 is 11.9. The van der Waals surface area contributed by atoms with Gasteiger partial charge in [0.2, 0.25) is 0 Å². The van der Waals surface area contributed by atoms with Crippen LogP contribution in [0.4, 0.5) is 0 Å². The molecule has 0 saturated carbocycles. The van der Waals surface area contributed by atoms with Crippen LogP contribution in [-0.2, 0) is 31.1 Å². The van der Waals surface area contributed by atoms with E-state index in [4.69, 9.17) is 26.4 Å². The van der Waals surface area contributed by atoms with Crippen LogP contribution in [0.3, 0.4) is 0 Å². The van der Waals surface area contributed by atoms with Gasteiger partial charge in [-0.2, -0.15) is 0 Å². The second-order valence-electron chi connectivity index (χ2n) is 11.5. The van der Waals surface area contributed by atoms with Gasteiger partial charge in [-0.15, -0.1) is 0 Å². The van der Waals surface area contributed by atoms with Crippen molar-refractivity contribution in [1.29, 1.82) is 5.41 Å². The molecule has 4 aromatic carbocycles. The molecule has 0 bridgehead atoms. The molecule has 0 aliphatic carbocycles. The first-order valence-corrected chi connectivity index (χ1v) is 16.2. The van der Waals surface area contributed by atoms with Crippen LogP contribution < -0.4 is 31.6 Å². The molecular formula is C39H47N5O3. The van der Waals surface area contributed by atoms with E-state index in [1.165, 1.54) is 5.56 Å². The van der Waals surface area contributed by atoms with E-state index in [2.05, 4.69) is 47.9 Å². The Morgan fingerprint density at radius 1 is 0.766 bits per heavy atom. The lowest BCUT2D eigenvalue weighted by Gasteiger charge is -2.14. The van der Waals surface area contributed by atoms with Crippen LogP contribution in [-0.4, -0.2) is 24.7 Å². The molecule has 0 aliphatic rings. The van der Waals surface area contributed by atoms with Crippen LogP contribution in [0.1, 0.15) is 66.0 Å². The van der Waals surface area contributed by atoms with Crippen molar-refractivity contribution < 1.29 is 14.3 Å². The molecule has 0 spiro atoms. The molecule has 0 saturated heterocycles. The molecule has 1 unspecified atom stereocenters. The minimum absolute atomic E-state index is 0.0346. The number of amidine groups is 1. The third-order valence-electron chi connectivity index (χ3n) is 7.75. The van der Waals surface area contributed by atoms with Gasteiger partial charge in [-0.3, -0.25) is 5.41 Å². The summed E-state index contributed by atoms with van der Waals surface area (Å²) in [4.78, 5) is 11.7. The quantitative estimate of drug-likeness (QED) is 0.0326. The largest absolute Gasteiger partial charge is 0.489 e. The lowest BCUT2D eigenvalue weighted by atomic mass is 10.1. The van der Waals surface area contributed by atoms with E-state index in [1.807, 2.05) is 60.7 Å². The van der Waals surface area contributed by atoms with E-state index in [-0.39, 0.29) is 11.9 Å². The van der Waals surface area contributed by atoms with Gasteiger partial charge < -0.3 is 36.4 Å². The zero-order chi connectivity index (χ0) is 33.3. The zero-order valence-corrected chi connectivity index (χ0v) is 27.2. The van der Waals surface area contributed by atoms with Gasteiger partial charge >= 0.3 is 0 Å². The number of ether oxygens (including phenoxy) is 2. The number of aldehydes is 1. The number of nitrogen functional groups attached to an aromatic ring is 1. The van der Waals surface area contributed by atoms with Gasteiger partial charge in [-0.25, -0.2) is 0 Å². The molecule has 0 heterocycles. The van der Waals surface area contributed by atoms with Crippen LogP contribution >= 0.6 is 0 Å². The van der Waals surface area contributed by atoms with Crippen LogP contribution in [0.25, 0.3) is 5.70 Å². The van der Waals surface area contributed by atoms with Crippen molar-refractivity contribution in [2.24, 2.45) is 11.5 Å². The summed E-state index contributed by atoms with van der Waals surface area (Å²) >= 11 is 0. The van der Waals surface area contributed by atoms with Crippen molar-refractivity contribution in [2.75, 3.05) is 6.54 Å². The third-order valence-corrected chi connectivity index (χ3v) is 7.75. The van der Waals surface area contributed by atoms with E-state index in [0.29, 0.717) is 25.3 Å². The minimum Gasteiger partial charge on any atom is -0.489 e. The molecule has 0 fully saturated rings. The normalized spacial score (nSPS) is 12.0. The summed E-state index contributed by atoms with van der Waals surface area (Å²) in [6, 6.07) is 31.5. The number of hydrogen-bond acceptors (Lipinski definition) is 7. The smallest absolute Gasteiger partial charge is 0.136 e. The minimum atomic E-state index is -0.187. The first kappa shape index (κ1) is 34.9. The maximum atomic E-state index is 11.7. The summed E-state index contributed by atoms with van der Waals surface area (Å²) in [5.74, 6) is 1.57. The number of hydrogen-bond donors (Lipinski definition) is 5. The van der Waals surface area contributed by atoms with Gasteiger partial charge in [-0.05, 0) is 102 Å². The second-order valence-corrected chi connectivity index (χ2v) is 11.5. The SMILES string of the molecule is CC/C=C(/N)c1ccc(OCc2cccc(CNCCCCC(C=O)NCc3cccc(COc4ccc(C(=N)N)cc4)c3)c2)cc1. The highest BCUT2D eigenvalue weighted by Gasteiger charge is 2.08. The molecule has 8 heteroatoms. The van der Waals surface area contributed by atoms with E-state index < -0.39 is 0 Å². The molecule has 4 rings (SSSR count). The number of nitrogens with one attached hydrogen (secondary N) is 3. The van der Waals surface area contributed by atoms with Crippen molar-refractivity contribution in [1.82, 2.24) is 10.6 Å². The fourth-order valence-electron chi connectivity index (χ4n) is 5.12. The fraction of sp³-hybridized carbons (Fsp3) is 0.282. The van der Waals surface area contributed by atoms with E-state index >= 15 is 0 Å². The standard InChI is InChI=1S/C39H47N5O3/c1-2-7-38(40)33-13-17-36(18-14-33)46-27-31-10-5-8-29(22-31)24-43-21-4-3-12-35(26-45)44-25-30-9-6-11-32(23-30)28-47-37-19-15-34(16-20-37)39(41)42/h5-11,13-20,22-23,26,35,43-44H,2-4,12,21,24-25,27-28,40H2,1H3,(H3,41,42)/b38-7+. The Kier molecular flexibility index (Phi) is 14.1. The maximum absolute atomic E-state index is 11.7. The fourth-order valence-corrected chi connectivity index (χ4v) is 5.12. The Labute approximate surface area is 278 Å². The Morgan fingerprint density at radius 2 is 1.32 bits per heavy atom. The summed E-state index contributed by atoms with van der Waals surface area (Å²) in [5.41, 5.74) is 18.5. The molecule has 7 N–H and O–H groups in total. The number of nitrogens with two attached hydrogens (primary N) is 2. The monoisotopic (exact) mass is 633 g/mol. The molecule has 47 heavy (non-hydrogen) atoms. The molecule has 246 valence electrons. The first-order chi connectivity index (χ1) is 22.9. The molecule has 0 amide bonds. The molecule has 0 aromatic heterocycles. The molecule has 8 nitrogen and oxygen atoms in total. The van der Waals surface area contributed by atoms with Crippen LogP contribution in [0.2, 0.25) is 0 Å². The van der Waals surface area contributed by atoms with Crippen molar-refractivity contribution in [3.63, 3.8) is 0 Å². The Balaban J connectivity index is 1.11. The Morgan fingerprint density at radius 3 is 1.87 bits per heavy atom. The van der Waals surface area contributed by atoms with Crippen LogP contribution in [0.5, 0.6) is 11.5 Å². The Hall–Kier alpha value is -4.92. The highest BCUT2D eigenvalue weighted by Crippen LogP contribution is 2.18. The van der Waals surface area contributed by atoms with E-state index in [9.17, 15) is 4.79 Å². The number of rotatable bonds is 20. The van der Waals surface area contributed by atoms with Gasteiger partial charge in [0.25, 0.3) is 0 Å². The van der Waals surface area contributed by atoms with Crippen molar-refractivity contribution in [3.05, 3.63) is 137 Å². The van der Waals surface area contributed by atoms with Gasteiger partial charge in [0.15, 0.2) is 0 Å². The molecule has 1 atom stereocenters. The zero-order valence-electron chi connectivity index (χ0n) is 27.2. The molecular weight excluding hydrogens is 586 g/mol. The maximum Gasteiger partial charge on any atom is 0.136 e. The number of benzene rings is 4. The lowest BCUT2D eigenvalue weighted by Crippen LogP contribution is -2.30. The van der Waals surface area contributed by atoms with Crippen molar-refractivity contribution in [3.8, 4) is 11.5 Å². The van der Waals surface area contributed by atoms with Crippen molar-refractivity contribution >= 4 is 17.8 Å². The lowest BCUT2D eigenvalue weighted by molar-refractivity contribution is -0.109. The summed E-state index contributed by atoms with van der Waals surface area (Å²) in [7, 11) is 0. The summed E-state index contributed by atoms with van der Waals surface area (Å²) in [6.45, 7) is 5.28. The van der Waals surface area contributed by atoms with Crippen LogP contribution in [0.15, 0.2) is 103 Å². The average molecular weight is 634 g/mol. The van der Waals surface area contributed by atoms with Crippen LogP contribution in [0, 0.1) is 5.41 Å². The van der Waals surface area contributed by atoms with Gasteiger partial charge in [0.1, 0.15) is 36.8 Å². The highest BCUT2D eigenvalue weighted by atomic mass is 16.5. The van der Waals surface area contributed by atoms with Gasteiger partial charge in [0.05, 0.1) is 6.04 Å². The topological polar surface area (TPSA) is 135 Å². The highest BCUT2D eigenvalue weighted by molar-refractivity contribution is 5.94. The Bertz CT molecular complexity index is 1590. The van der Waals surface area contributed by atoms with Crippen molar-refractivity contribution in [2.45, 2.75) is 65.0 Å². The number of carbonyl (C=O) groups excluding carboxylic acids is 1. The summed E-state index contributed by atoms with van der Waals surface area (Å²) in [5, 5.41) is 14.4. The second kappa shape index (κ2) is 18.9. The molecule has 0 aliphatic heterocycles. The third kappa shape index (κ3) is 12.1. The van der Waals surface area contributed by atoms with Gasteiger partial charge in [-0.1, -0.05) is 68.0 Å². The molecule has 0 radical (unpaired) electrons. The van der Waals surface area contributed by atoms with E-state index in [0.717, 1.165) is 84.5 Å². The predicted octanol–water partition coefficient (Wildman–Crippen LogP) is 6.46. The first-order valence-electron chi connectivity index (χ1n) is 16.2. The average Bonchev–Trinajstić information content (AvgIpc) is 3.10. The molecule has 4 aromatic rings. The predicted molar refractivity (Wildman–Crippen MR) is 190 cm³/mol. The summed E-state index contributed by atoms with van der Waals surface area (Å²) in [6.07, 6.45) is 6.66. The number of carbonyl (C=O) groups is 1. The van der Waals surface area contributed by atoms with Gasteiger partial charge in [0, 0.05) is 24.4 Å².